The normalized spacial score (nSPS) is 33.5. The number of benzene rings is 1. The number of carboxylic acids is 1. The number of carbonyl (C=O) groups is 3. The fourth-order valence-electron chi connectivity index (χ4n) is 5.29. The van der Waals surface area contributed by atoms with Crippen LogP contribution >= 0.6 is 27.5 Å². The number of aliphatic carboxylic acids is 1. The van der Waals surface area contributed by atoms with Gasteiger partial charge in [0.05, 0.1) is 35.3 Å². The average molecular weight is 514 g/mol. The number of amides is 2. The zero-order valence-corrected chi connectivity index (χ0v) is 18.8. The number of carboxylic acid groups (broad SMARTS) is 1. The fourth-order valence-corrected chi connectivity index (χ4v) is 6.47. The Kier molecular flexibility index (Phi) is 5.89. The van der Waals surface area contributed by atoms with Crippen molar-refractivity contribution in [1.29, 1.82) is 0 Å². The van der Waals surface area contributed by atoms with Gasteiger partial charge in [-0.2, -0.15) is 0 Å². The molecule has 3 saturated heterocycles. The monoisotopic (exact) mass is 512 g/mol. The second-order valence-electron chi connectivity index (χ2n) is 7.95. The molecule has 0 saturated carbocycles. The molecule has 0 aliphatic carbocycles. The van der Waals surface area contributed by atoms with Gasteiger partial charge >= 0.3 is 5.97 Å². The predicted molar refractivity (Wildman–Crippen MR) is 116 cm³/mol. The molecule has 4 rings (SSSR count). The van der Waals surface area contributed by atoms with Gasteiger partial charge in [-0.05, 0) is 18.6 Å². The van der Waals surface area contributed by atoms with E-state index in [1.54, 1.807) is 30.3 Å². The molecule has 166 valence electrons. The van der Waals surface area contributed by atoms with E-state index in [2.05, 4.69) is 22.5 Å². The van der Waals surface area contributed by atoms with E-state index in [0.29, 0.717) is 17.1 Å². The number of alkyl halides is 1. The minimum Gasteiger partial charge on any atom is -0.481 e. The molecule has 2 N–H and O–H groups in total. The maximum absolute atomic E-state index is 13.9. The molecule has 8 nitrogen and oxygen atoms in total. The second kappa shape index (κ2) is 8.20. The third-order valence-corrected chi connectivity index (χ3v) is 7.53. The Bertz CT molecular complexity index is 944. The van der Waals surface area contributed by atoms with E-state index in [0.717, 1.165) is 0 Å². The first kappa shape index (κ1) is 22.3. The van der Waals surface area contributed by atoms with E-state index in [-0.39, 0.29) is 24.5 Å². The van der Waals surface area contributed by atoms with Gasteiger partial charge in [0.25, 0.3) is 5.91 Å². The van der Waals surface area contributed by atoms with E-state index >= 15 is 0 Å². The molecule has 0 aromatic heterocycles. The largest absolute Gasteiger partial charge is 0.481 e. The molecule has 10 heteroatoms. The number of para-hydroxylation sites is 1. The van der Waals surface area contributed by atoms with Crippen molar-refractivity contribution < 1.29 is 29.3 Å². The van der Waals surface area contributed by atoms with Gasteiger partial charge < -0.3 is 24.7 Å². The predicted octanol–water partition coefficient (Wildman–Crippen LogP) is 1.68. The summed E-state index contributed by atoms with van der Waals surface area (Å²) in [5, 5.41) is 19.7. The van der Waals surface area contributed by atoms with E-state index in [4.69, 9.17) is 16.3 Å². The highest BCUT2D eigenvalue weighted by atomic mass is 79.9. The van der Waals surface area contributed by atoms with Gasteiger partial charge in [-0.15, -0.1) is 6.58 Å². The molecule has 3 aliphatic heterocycles. The molecule has 31 heavy (non-hydrogen) atoms. The van der Waals surface area contributed by atoms with Crippen LogP contribution in [0.25, 0.3) is 0 Å². The van der Waals surface area contributed by atoms with Gasteiger partial charge in [0.1, 0.15) is 11.6 Å². The minimum atomic E-state index is -1.30. The van der Waals surface area contributed by atoms with Gasteiger partial charge in [0.2, 0.25) is 5.91 Å². The quantitative estimate of drug-likeness (QED) is 0.424. The van der Waals surface area contributed by atoms with Crippen LogP contribution in [0.4, 0.5) is 5.69 Å². The number of β-amino-alcohol motifs (C(OH)–C–C–N with tert-alkyl or cyclic N) is 1. The average Bonchev–Trinajstić information content (AvgIpc) is 3.31. The minimum absolute atomic E-state index is 0.106. The van der Waals surface area contributed by atoms with E-state index in [1.807, 2.05) is 0 Å². The number of anilines is 1. The zero-order chi connectivity index (χ0) is 22.5. The van der Waals surface area contributed by atoms with Crippen molar-refractivity contribution in [3.8, 4) is 0 Å². The Morgan fingerprint density at radius 3 is 2.74 bits per heavy atom. The van der Waals surface area contributed by atoms with Gasteiger partial charge in [0, 0.05) is 17.9 Å². The highest BCUT2D eigenvalue weighted by Gasteiger charge is 2.76. The van der Waals surface area contributed by atoms with E-state index in [9.17, 15) is 24.6 Å². The van der Waals surface area contributed by atoms with Crippen molar-refractivity contribution in [1.82, 2.24) is 4.90 Å². The summed E-state index contributed by atoms with van der Waals surface area (Å²) in [5.74, 6) is -4.15. The molecule has 1 aromatic carbocycles. The maximum Gasteiger partial charge on any atom is 0.310 e. The summed E-state index contributed by atoms with van der Waals surface area (Å²) in [5.41, 5.74) is -0.852. The van der Waals surface area contributed by atoms with Crippen LogP contribution in [-0.2, 0) is 19.1 Å². The molecular weight excluding hydrogens is 492 g/mol. The van der Waals surface area contributed by atoms with E-state index in [1.165, 1.54) is 9.80 Å². The Morgan fingerprint density at radius 2 is 2.13 bits per heavy atom. The number of halogens is 2. The third kappa shape index (κ3) is 3.21. The van der Waals surface area contributed by atoms with Crippen LogP contribution in [0, 0.1) is 11.8 Å². The fraction of sp³-hybridized carbons (Fsp3) is 0.476. The van der Waals surface area contributed by atoms with Gasteiger partial charge in [-0.1, -0.05) is 45.7 Å². The summed E-state index contributed by atoms with van der Waals surface area (Å²) in [6.07, 6.45) is 1.14. The summed E-state index contributed by atoms with van der Waals surface area (Å²) < 4.78 is 6.17. The first-order valence-electron chi connectivity index (χ1n) is 9.91. The van der Waals surface area contributed by atoms with Crippen LogP contribution in [0.2, 0.25) is 5.02 Å². The van der Waals surface area contributed by atoms with Crippen LogP contribution in [0.3, 0.4) is 0 Å². The molecule has 3 heterocycles. The third-order valence-electron chi connectivity index (χ3n) is 6.37. The molecule has 3 unspecified atom stereocenters. The highest BCUT2D eigenvalue weighted by Crippen LogP contribution is 2.60. The maximum atomic E-state index is 13.9. The molecule has 1 aromatic rings. The number of hydrogen-bond acceptors (Lipinski definition) is 5. The molecule has 1 spiro atoms. The number of likely N-dealkylation sites (tertiary alicyclic amines) is 1. The Hall–Kier alpha value is -1.94. The molecule has 0 radical (unpaired) electrons. The van der Waals surface area contributed by atoms with Crippen molar-refractivity contribution in [2.24, 2.45) is 11.8 Å². The molecule has 2 bridgehead atoms. The number of ether oxygens (including phenoxy) is 1. The summed E-state index contributed by atoms with van der Waals surface area (Å²) in [6, 6.07) is 5.72. The van der Waals surface area contributed by atoms with Gasteiger partial charge in [0.15, 0.2) is 0 Å². The van der Waals surface area contributed by atoms with Crippen LogP contribution in [0.5, 0.6) is 0 Å². The number of aliphatic hydroxyl groups excluding tert-OH is 1. The highest BCUT2D eigenvalue weighted by molar-refractivity contribution is 9.09. The number of fused-ring (bicyclic) bond motifs is 1. The Balaban J connectivity index is 1.82. The zero-order valence-electron chi connectivity index (χ0n) is 16.5. The first-order chi connectivity index (χ1) is 14.8. The lowest BCUT2D eigenvalue weighted by Gasteiger charge is -2.37. The first-order valence-corrected chi connectivity index (χ1v) is 11.2. The summed E-state index contributed by atoms with van der Waals surface area (Å²) in [7, 11) is 0. The molecule has 2 amide bonds. The summed E-state index contributed by atoms with van der Waals surface area (Å²) >= 11 is 9.83. The lowest BCUT2D eigenvalue weighted by molar-refractivity contribution is -0.149. The number of hydrogen-bond donors (Lipinski definition) is 2. The van der Waals surface area contributed by atoms with Crippen LogP contribution in [0.15, 0.2) is 36.9 Å². The van der Waals surface area contributed by atoms with Crippen molar-refractivity contribution >= 4 is 51.0 Å². The van der Waals surface area contributed by atoms with Crippen LogP contribution in [0.1, 0.15) is 6.42 Å². The van der Waals surface area contributed by atoms with Crippen molar-refractivity contribution in [2.45, 2.75) is 29.0 Å². The van der Waals surface area contributed by atoms with Gasteiger partial charge in [-0.25, -0.2) is 0 Å². The molecule has 3 aliphatic rings. The molecule has 6 atom stereocenters. The van der Waals surface area contributed by atoms with E-state index < -0.39 is 47.4 Å². The SMILES string of the molecule is C=CCN(C(=O)C1N(CCO)C(=O)[C@@H]2[C@H](C(=O)O)[C@H]3OC12CC3Br)c1ccccc1Cl. The summed E-state index contributed by atoms with van der Waals surface area (Å²) in [6.45, 7) is 3.37. The number of rotatable bonds is 7. The number of nitrogens with zero attached hydrogens (tertiary/aromatic N) is 2. The Morgan fingerprint density at radius 1 is 1.42 bits per heavy atom. The second-order valence-corrected chi connectivity index (χ2v) is 9.53. The molecular formula is C21H22BrClN2O6. The van der Waals surface area contributed by atoms with Gasteiger partial charge in [-0.3, -0.25) is 14.4 Å². The van der Waals surface area contributed by atoms with Crippen LogP contribution < -0.4 is 4.90 Å². The smallest absolute Gasteiger partial charge is 0.310 e. The molecule has 3 fully saturated rings. The van der Waals surface area contributed by atoms with Crippen molar-refractivity contribution in [3.05, 3.63) is 41.9 Å². The van der Waals surface area contributed by atoms with Crippen molar-refractivity contribution in [2.75, 3.05) is 24.6 Å². The lowest BCUT2D eigenvalue weighted by atomic mass is 9.70. The number of aliphatic hydroxyl groups is 1. The lowest BCUT2D eigenvalue weighted by Crippen LogP contribution is -2.57. The number of carbonyl (C=O) groups excluding carboxylic acids is 2. The topological polar surface area (TPSA) is 107 Å². The standard InChI is InChI=1S/C21H22BrClN2O6/c1-2-7-24(13-6-4-3-5-12(13)23)19(28)17-21-10-11(22)16(31-21)14(20(29)30)15(21)18(27)25(17)8-9-26/h2-6,11,14-17,26H,1,7-10H2,(H,29,30)/t11?,14-,15-,16-,17?,21?/m0/s1. The Labute approximate surface area is 192 Å². The summed E-state index contributed by atoms with van der Waals surface area (Å²) in [4.78, 5) is 41.6. The van der Waals surface area contributed by atoms with Crippen LogP contribution in [-0.4, -0.2) is 75.2 Å². The van der Waals surface area contributed by atoms with Crippen molar-refractivity contribution in [3.63, 3.8) is 0 Å².